The average Bonchev–Trinajstić information content (AvgIpc) is 3.11. The summed E-state index contributed by atoms with van der Waals surface area (Å²) in [6.07, 6.45) is -0.162. The van der Waals surface area contributed by atoms with Crippen LogP contribution >= 0.6 is 50.7 Å². The summed E-state index contributed by atoms with van der Waals surface area (Å²) in [7, 11) is 0. The first-order valence-corrected chi connectivity index (χ1v) is 11.0. The van der Waals surface area contributed by atoms with Gasteiger partial charge in [0.1, 0.15) is 0 Å². The summed E-state index contributed by atoms with van der Waals surface area (Å²) >= 11 is 20.9. The van der Waals surface area contributed by atoms with Crippen molar-refractivity contribution < 1.29 is 23.9 Å². The van der Waals surface area contributed by atoms with E-state index in [2.05, 4.69) is 26.7 Å². The van der Waals surface area contributed by atoms with Gasteiger partial charge in [-0.3, -0.25) is 29.6 Å². The van der Waals surface area contributed by atoms with E-state index in [-0.39, 0.29) is 28.6 Å². The van der Waals surface area contributed by atoms with Gasteiger partial charge in [-0.15, -0.1) is 0 Å². The molecule has 12 heteroatoms. The van der Waals surface area contributed by atoms with Gasteiger partial charge in [0, 0.05) is 22.1 Å². The van der Waals surface area contributed by atoms with Crippen molar-refractivity contribution in [1.82, 2.24) is 10.4 Å². The first kappa shape index (κ1) is 24.3. The van der Waals surface area contributed by atoms with Gasteiger partial charge in [0.05, 0.1) is 27.5 Å². The lowest BCUT2D eigenvalue weighted by molar-refractivity contribution is -0.151. The molecule has 32 heavy (non-hydrogen) atoms. The highest BCUT2D eigenvalue weighted by molar-refractivity contribution is 9.10. The number of halogens is 4. The summed E-state index contributed by atoms with van der Waals surface area (Å²) < 4.78 is 5.68. The Bertz CT molecular complexity index is 1100. The molecule has 0 saturated carbocycles. The van der Waals surface area contributed by atoms with Crippen LogP contribution < -0.4 is 10.7 Å². The van der Waals surface area contributed by atoms with Crippen molar-refractivity contribution >= 4 is 80.1 Å². The minimum atomic E-state index is -0.827. The van der Waals surface area contributed by atoms with Crippen LogP contribution in [0.5, 0.6) is 0 Å². The number of esters is 1. The van der Waals surface area contributed by atoms with E-state index in [0.29, 0.717) is 15.2 Å². The highest BCUT2D eigenvalue weighted by atomic mass is 79.9. The molecule has 1 atom stereocenters. The Hall–Kier alpha value is -2.33. The van der Waals surface area contributed by atoms with E-state index in [0.717, 1.165) is 5.01 Å². The van der Waals surface area contributed by atoms with Gasteiger partial charge in [-0.05, 0) is 52.3 Å². The lowest BCUT2D eigenvalue weighted by Crippen LogP contribution is -2.43. The van der Waals surface area contributed by atoms with Gasteiger partial charge < -0.3 is 10.1 Å². The van der Waals surface area contributed by atoms with Crippen LogP contribution in [0.2, 0.25) is 15.1 Å². The van der Waals surface area contributed by atoms with E-state index in [1.807, 2.05) is 0 Å². The first-order valence-electron chi connectivity index (χ1n) is 9.12. The number of hydrogen-bond donors (Lipinski definition) is 2. The predicted molar refractivity (Wildman–Crippen MR) is 122 cm³/mol. The Balaban J connectivity index is 1.49. The molecular formula is C20H15BrCl3N3O5. The van der Waals surface area contributed by atoms with Crippen LogP contribution in [-0.2, 0) is 19.1 Å². The minimum absolute atomic E-state index is 0.0886. The summed E-state index contributed by atoms with van der Waals surface area (Å²) in [5.74, 6) is -3.17. The molecule has 1 saturated heterocycles. The van der Waals surface area contributed by atoms with Gasteiger partial charge in [0.15, 0.2) is 6.61 Å². The number of carbonyl (C=O) groups is 4. The standard InChI is InChI=1S/C20H15BrCl3N3O5/c21-13-3-2-12(7-15(13)23)25-17(28)9-32-20(31)11-6-18(29)27(8-11)26-19(30)10-1-4-14(22)16(24)5-10/h1-5,7,11H,6,8-9H2,(H,25,28)(H,26,30)/t11-/m1/s1. The van der Waals surface area contributed by atoms with Crippen molar-refractivity contribution in [2.45, 2.75) is 6.42 Å². The molecule has 1 heterocycles. The third-order valence-electron chi connectivity index (χ3n) is 4.43. The number of nitrogens with one attached hydrogen (secondary N) is 2. The van der Waals surface area contributed by atoms with Crippen molar-refractivity contribution in [1.29, 1.82) is 0 Å². The van der Waals surface area contributed by atoms with E-state index in [1.165, 1.54) is 24.3 Å². The minimum Gasteiger partial charge on any atom is -0.455 e. The molecule has 0 bridgehead atoms. The highest BCUT2D eigenvalue weighted by Gasteiger charge is 2.36. The zero-order valence-electron chi connectivity index (χ0n) is 16.2. The van der Waals surface area contributed by atoms with Crippen molar-refractivity contribution in [3.05, 3.63) is 61.5 Å². The Morgan fingerprint density at radius 2 is 1.81 bits per heavy atom. The van der Waals surface area contributed by atoms with Gasteiger partial charge in [-0.2, -0.15) is 0 Å². The third-order valence-corrected chi connectivity index (χ3v) is 6.40. The summed E-state index contributed by atoms with van der Waals surface area (Å²) in [6, 6.07) is 9.10. The highest BCUT2D eigenvalue weighted by Crippen LogP contribution is 2.26. The van der Waals surface area contributed by atoms with Crippen molar-refractivity contribution in [3.63, 3.8) is 0 Å². The number of nitrogens with zero attached hydrogens (tertiary/aromatic N) is 1. The molecule has 3 amide bonds. The molecule has 0 radical (unpaired) electrons. The molecule has 168 valence electrons. The Kier molecular flexibility index (Phi) is 8.00. The number of anilines is 1. The van der Waals surface area contributed by atoms with Crippen LogP contribution in [0.15, 0.2) is 40.9 Å². The molecule has 1 aliphatic heterocycles. The number of ether oxygens (including phenoxy) is 1. The van der Waals surface area contributed by atoms with Crippen molar-refractivity contribution in [2.75, 3.05) is 18.5 Å². The van der Waals surface area contributed by atoms with E-state index in [4.69, 9.17) is 39.5 Å². The molecule has 2 N–H and O–H groups in total. The van der Waals surface area contributed by atoms with Crippen LogP contribution in [0.1, 0.15) is 16.8 Å². The van der Waals surface area contributed by atoms with Crippen LogP contribution in [0.4, 0.5) is 5.69 Å². The zero-order valence-corrected chi connectivity index (χ0v) is 20.0. The fraction of sp³-hybridized carbons (Fsp3) is 0.200. The SMILES string of the molecule is O=C(COC(=O)[C@@H]1CC(=O)N(NC(=O)c2ccc(Cl)c(Cl)c2)C1)Nc1ccc(Br)c(Cl)c1. The number of rotatable bonds is 6. The molecular weight excluding hydrogens is 548 g/mol. The largest absolute Gasteiger partial charge is 0.455 e. The van der Waals surface area contributed by atoms with Gasteiger partial charge >= 0.3 is 5.97 Å². The van der Waals surface area contributed by atoms with Crippen molar-refractivity contribution in [2.24, 2.45) is 5.92 Å². The Morgan fingerprint density at radius 1 is 1.06 bits per heavy atom. The average molecular weight is 564 g/mol. The summed E-state index contributed by atoms with van der Waals surface area (Å²) in [5, 5.41) is 4.47. The number of carbonyl (C=O) groups excluding carboxylic acids is 4. The zero-order chi connectivity index (χ0) is 23.4. The second-order valence-electron chi connectivity index (χ2n) is 6.76. The van der Waals surface area contributed by atoms with E-state index >= 15 is 0 Å². The van der Waals surface area contributed by atoms with Crippen molar-refractivity contribution in [3.8, 4) is 0 Å². The molecule has 0 unspecified atom stereocenters. The first-order chi connectivity index (χ1) is 15.1. The molecule has 2 aromatic rings. The maximum Gasteiger partial charge on any atom is 0.311 e. The van der Waals surface area contributed by atoms with E-state index in [9.17, 15) is 19.2 Å². The predicted octanol–water partition coefficient (Wildman–Crippen LogP) is 4.08. The number of hydrogen-bond acceptors (Lipinski definition) is 5. The Morgan fingerprint density at radius 3 is 2.50 bits per heavy atom. The Labute approximate surface area is 206 Å². The van der Waals surface area contributed by atoms with Gasteiger partial charge in [-0.1, -0.05) is 34.8 Å². The quantitative estimate of drug-likeness (QED) is 0.516. The second-order valence-corrected chi connectivity index (χ2v) is 8.84. The smallest absolute Gasteiger partial charge is 0.311 e. The van der Waals surface area contributed by atoms with Gasteiger partial charge in [-0.25, -0.2) is 0 Å². The maximum atomic E-state index is 12.3. The van der Waals surface area contributed by atoms with Crippen LogP contribution in [0.25, 0.3) is 0 Å². The fourth-order valence-electron chi connectivity index (χ4n) is 2.82. The maximum absolute atomic E-state index is 12.3. The molecule has 0 spiro atoms. The lowest BCUT2D eigenvalue weighted by Gasteiger charge is -2.17. The third kappa shape index (κ3) is 6.13. The van der Waals surface area contributed by atoms with Crippen LogP contribution in [-0.4, -0.2) is 41.9 Å². The number of benzene rings is 2. The van der Waals surface area contributed by atoms with Gasteiger partial charge in [0.25, 0.3) is 11.8 Å². The molecule has 2 aromatic carbocycles. The lowest BCUT2D eigenvalue weighted by atomic mass is 10.1. The number of amides is 3. The van der Waals surface area contributed by atoms with Crippen LogP contribution in [0.3, 0.4) is 0 Å². The monoisotopic (exact) mass is 561 g/mol. The molecule has 0 aliphatic carbocycles. The molecule has 8 nitrogen and oxygen atoms in total. The summed E-state index contributed by atoms with van der Waals surface area (Å²) in [4.78, 5) is 48.8. The van der Waals surface area contributed by atoms with Crippen LogP contribution in [0, 0.1) is 5.92 Å². The van der Waals surface area contributed by atoms with E-state index < -0.39 is 36.2 Å². The van der Waals surface area contributed by atoms with E-state index in [1.54, 1.807) is 12.1 Å². The topological polar surface area (TPSA) is 105 Å². The summed E-state index contributed by atoms with van der Waals surface area (Å²) in [5.41, 5.74) is 3.06. The number of hydrazine groups is 1. The molecule has 1 aliphatic rings. The molecule has 3 rings (SSSR count). The molecule has 1 fully saturated rings. The van der Waals surface area contributed by atoms with Gasteiger partial charge in [0.2, 0.25) is 5.91 Å². The molecule has 0 aromatic heterocycles. The normalized spacial score (nSPS) is 15.4. The summed E-state index contributed by atoms with van der Waals surface area (Å²) in [6.45, 7) is -0.624. The second kappa shape index (κ2) is 10.5. The fourth-order valence-corrected chi connectivity index (χ4v) is 3.55.